The highest BCUT2D eigenvalue weighted by Crippen LogP contribution is 2.22. The van der Waals surface area contributed by atoms with Crippen molar-refractivity contribution in [2.75, 3.05) is 6.54 Å². The van der Waals surface area contributed by atoms with Crippen molar-refractivity contribution < 1.29 is 13.9 Å². The Labute approximate surface area is 115 Å². The summed E-state index contributed by atoms with van der Waals surface area (Å²) in [6.45, 7) is 8.57. The van der Waals surface area contributed by atoms with Crippen LogP contribution >= 0.6 is 0 Å². The van der Waals surface area contributed by atoms with E-state index in [4.69, 9.17) is 13.9 Å². The first-order chi connectivity index (χ1) is 9.17. The Kier molecular flexibility index (Phi) is 5.43. The second-order valence-electron chi connectivity index (χ2n) is 5.31. The van der Waals surface area contributed by atoms with E-state index in [1.54, 1.807) is 0 Å². The molecule has 2 atom stereocenters. The highest BCUT2D eigenvalue weighted by atomic mass is 16.5. The first kappa shape index (κ1) is 14.6. The average molecular weight is 267 g/mol. The zero-order valence-electron chi connectivity index (χ0n) is 12.1. The lowest BCUT2D eigenvalue weighted by Crippen LogP contribution is -2.33. The maximum absolute atomic E-state index is 5.93. The minimum Gasteiger partial charge on any atom is -0.462 e. The molecule has 1 saturated heterocycles. The van der Waals surface area contributed by atoms with Gasteiger partial charge in [-0.1, -0.05) is 6.92 Å². The lowest BCUT2D eigenvalue weighted by Gasteiger charge is -2.31. The van der Waals surface area contributed by atoms with Gasteiger partial charge < -0.3 is 19.2 Å². The van der Waals surface area contributed by atoms with Gasteiger partial charge in [0.25, 0.3) is 0 Å². The van der Waals surface area contributed by atoms with Crippen molar-refractivity contribution in [1.82, 2.24) is 5.32 Å². The van der Waals surface area contributed by atoms with Crippen LogP contribution in [0, 0.1) is 0 Å². The van der Waals surface area contributed by atoms with Gasteiger partial charge in [0.1, 0.15) is 18.1 Å². The molecule has 0 radical (unpaired) electrons. The molecule has 0 amide bonds. The summed E-state index contributed by atoms with van der Waals surface area (Å²) in [4.78, 5) is 0. The van der Waals surface area contributed by atoms with Gasteiger partial charge in [-0.25, -0.2) is 0 Å². The van der Waals surface area contributed by atoms with Crippen LogP contribution in [0.2, 0.25) is 0 Å². The van der Waals surface area contributed by atoms with E-state index in [-0.39, 0.29) is 18.3 Å². The smallest absolute Gasteiger partial charge is 0.129 e. The molecule has 19 heavy (non-hydrogen) atoms. The quantitative estimate of drug-likeness (QED) is 0.860. The van der Waals surface area contributed by atoms with Crippen LogP contribution < -0.4 is 5.32 Å². The number of furan rings is 1. The molecular formula is C15H25NO3. The summed E-state index contributed by atoms with van der Waals surface area (Å²) < 4.78 is 17.4. The van der Waals surface area contributed by atoms with Crippen LogP contribution in [0.15, 0.2) is 16.5 Å². The van der Waals surface area contributed by atoms with Gasteiger partial charge in [-0.3, -0.25) is 0 Å². The molecule has 1 aromatic heterocycles. The fourth-order valence-corrected chi connectivity index (χ4v) is 2.52. The summed E-state index contributed by atoms with van der Waals surface area (Å²) in [5, 5.41) is 3.24. The van der Waals surface area contributed by atoms with E-state index in [9.17, 15) is 0 Å². The average Bonchev–Trinajstić information content (AvgIpc) is 2.81. The van der Waals surface area contributed by atoms with Gasteiger partial charge >= 0.3 is 0 Å². The summed E-state index contributed by atoms with van der Waals surface area (Å²) in [6, 6.07) is 4.01. The Morgan fingerprint density at radius 3 is 2.58 bits per heavy atom. The molecule has 0 bridgehead atoms. The second kappa shape index (κ2) is 7.08. The van der Waals surface area contributed by atoms with Crippen molar-refractivity contribution in [2.24, 2.45) is 0 Å². The van der Waals surface area contributed by atoms with E-state index < -0.39 is 0 Å². The van der Waals surface area contributed by atoms with Crippen LogP contribution in [0.1, 0.15) is 45.1 Å². The van der Waals surface area contributed by atoms with Crippen molar-refractivity contribution in [2.45, 2.75) is 65.1 Å². The molecule has 2 rings (SSSR count). The van der Waals surface area contributed by atoms with Gasteiger partial charge in [-0.15, -0.1) is 0 Å². The molecule has 1 fully saturated rings. The predicted molar refractivity (Wildman–Crippen MR) is 73.9 cm³/mol. The third-order valence-electron chi connectivity index (χ3n) is 3.38. The number of nitrogens with one attached hydrogen (secondary N) is 1. The van der Waals surface area contributed by atoms with Crippen LogP contribution in [0.4, 0.5) is 0 Å². The molecule has 1 aliphatic heterocycles. The molecule has 4 nitrogen and oxygen atoms in total. The van der Waals surface area contributed by atoms with Gasteiger partial charge in [0, 0.05) is 0 Å². The number of ether oxygens (including phenoxy) is 2. The maximum Gasteiger partial charge on any atom is 0.129 e. The van der Waals surface area contributed by atoms with Crippen molar-refractivity contribution in [3.8, 4) is 0 Å². The first-order valence-corrected chi connectivity index (χ1v) is 7.22. The third kappa shape index (κ3) is 4.64. The molecule has 0 aliphatic carbocycles. The topological polar surface area (TPSA) is 43.6 Å². The van der Waals surface area contributed by atoms with E-state index in [0.717, 1.165) is 37.5 Å². The molecule has 1 aliphatic rings. The molecule has 4 heteroatoms. The fourth-order valence-electron chi connectivity index (χ4n) is 2.52. The van der Waals surface area contributed by atoms with Crippen LogP contribution in [0.25, 0.3) is 0 Å². The molecular weight excluding hydrogens is 242 g/mol. The molecule has 0 aromatic carbocycles. The Bertz CT molecular complexity index is 367. The van der Waals surface area contributed by atoms with E-state index in [1.807, 2.05) is 12.1 Å². The summed E-state index contributed by atoms with van der Waals surface area (Å²) in [6.07, 6.45) is 2.79. The SMILES string of the molecule is CCNCc1ccc(COC2CC(C)OC(C)C2)o1. The normalized spacial score (nSPS) is 27.6. The lowest BCUT2D eigenvalue weighted by atomic mass is 10.0. The molecule has 1 N–H and O–H groups in total. The standard InChI is InChI=1S/C15H25NO3/c1-4-16-9-13-5-6-14(19-13)10-17-15-7-11(2)18-12(3)8-15/h5-6,11-12,15-16H,4,7-10H2,1-3H3. The highest BCUT2D eigenvalue weighted by molar-refractivity contribution is 5.06. The third-order valence-corrected chi connectivity index (χ3v) is 3.38. The monoisotopic (exact) mass is 267 g/mol. The van der Waals surface area contributed by atoms with E-state index in [0.29, 0.717) is 6.61 Å². The van der Waals surface area contributed by atoms with Crippen molar-refractivity contribution in [3.63, 3.8) is 0 Å². The van der Waals surface area contributed by atoms with Gasteiger partial charge in [-0.05, 0) is 45.4 Å². The van der Waals surface area contributed by atoms with E-state index in [2.05, 4.69) is 26.1 Å². The largest absolute Gasteiger partial charge is 0.462 e. The Morgan fingerprint density at radius 2 is 1.89 bits per heavy atom. The zero-order valence-corrected chi connectivity index (χ0v) is 12.1. The number of rotatable bonds is 6. The Hall–Kier alpha value is -0.840. The number of hydrogen-bond donors (Lipinski definition) is 1. The van der Waals surface area contributed by atoms with Gasteiger partial charge in [0.05, 0.1) is 24.9 Å². The van der Waals surface area contributed by atoms with Gasteiger partial charge in [0.15, 0.2) is 0 Å². The van der Waals surface area contributed by atoms with Crippen LogP contribution in [-0.4, -0.2) is 24.9 Å². The molecule has 0 saturated carbocycles. The van der Waals surface area contributed by atoms with Crippen molar-refractivity contribution >= 4 is 0 Å². The molecule has 1 aromatic rings. The van der Waals surface area contributed by atoms with Crippen LogP contribution in [0.3, 0.4) is 0 Å². The fraction of sp³-hybridized carbons (Fsp3) is 0.733. The van der Waals surface area contributed by atoms with Crippen molar-refractivity contribution in [3.05, 3.63) is 23.7 Å². The van der Waals surface area contributed by atoms with E-state index >= 15 is 0 Å². The Balaban J connectivity index is 1.76. The van der Waals surface area contributed by atoms with Crippen LogP contribution in [0.5, 0.6) is 0 Å². The number of hydrogen-bond acceptors (Lipinski definition) is 4. The zero-order chi connectivity index (χ0) is 13.7. The maximum atomic E-state index is 5.93. The van der Waals surface area contributed by atoms with E-state index in [1.165, 1.54) is 0 Å². The predicted octanol–water partition coefficient (Wildman–Crippen LogP) is 2.86. The summed E-state index contributed by atoms with van der Waals surface area (Å²) in [5.41, 5.74) is 0. The van der Waals surface area contributed by atoms with Crippen LogP contribution in [-0.2, 0) is 22.6 Å². The molecule has 0 spiro atoms. The lowest BCUT2D eigenvalue weighted by molar-refractivity contribution is -0.108. The Morgan fingerprint density at radius 1 is 1.21 bits per heavy atom. The van der Waals surface area contributed by atoms with Gasteiger partial charge in [0.2, 0.25) is 0 Å². The summed E-state index contributed by atoms with van der Waals surface area (Å²) in [7, 11) is 0. The summed E-state index contributed by atoms with van der Waals surface area (Å²) in [5.74, 6) is 1.87. The first-order valence-electron chi connectivity index (χ1n) is 7.22. The second-order valence-corrected chi connectivity index (χ2v) is 5.31. The summed E-state index contributed by atoms with van der Waals surface area (Å²) >= 11 is 0. The highest BCUT2D eigenvalue weighted by Gasteiger charge is 2.25. The van der Waals surface area contributed by atoms with Crippen molar-refractivity contribution in [1.29, 1.82) is 0 Å². The van der Waals surface area contributed by atoms with Gasteiger partial charge in [-0.2, -0.15) is 0 Å². The molecule has 2 unspecified atom stereocenters. The minimum absolute atomic E-state index is 0.279. The molecule has 2 heterocycles. The molecule has 108 valence electrons. The minimum atomic E-state index is 0.279.